The van der Waals surface area contributed by atoms with Crippen molar-refractivity contribution < 1.29 is 9.21 Å². The normalized spacial score (nSPS) is 10.9. The maximum absolute atomic E-state index is 12.4. The number of thioether (sulfide) groups is 1. The van der Waals surface area contributed by atoms with Crippen LogP contribution in [0.15, 0.2) is 81.0 Å². The summed E-state index contributed by atoms with van der Waals surface area (Å²) in [5.41, 5.74) is 1.49. The number of para-hydroxylation sites is 1. The van der Waals surface area contributed by atoms with Crippen molar-refractivity contribution in [3.05, 3.63) is 82.2 Å². The first-order valence-electron chi connectivity index (χ1n) is 8.99. The van der Waals surface area contributed by atoms with Crippen molar-refractivity contribution >= 4 is 50.9 Å². The van der Waals surface area contributed by atoms with Gasteiger partial charge in [0.25, 0.3) is 0 Å². The summed E-state index contributed by atoms with van der Waals surface area (Å²) in [5, 5.41) is 12.7. The third-order valence-electron chi connectivity index (χ3n) is 4.21. The van der Waals surface area contributed by atoms with Crippen LogP contribution in [0.4, 0.5) is 5.69 Å². The molecule has 4 aromatic rings. The lowest BCUT2D eigenvalue weighted by Gasteiger charge is -2.10. The molecule has 30 heavy (non-hydrogen) atoms. The van der Waals surface area contributed by atoms with E-state index in [1.165, 1.54) is 11.8 Å². The Balaban J connectivity index is 1.56. The lowest BCUT2D eigenvalue weighted by atomic mass is 10.2. The van der Waals surface area contributed by atoms with Crippen molar-refractivity contribution in [2.24, 2.45) is 0 Å². The van der Waals surface area contributed by atoms with Gasteiger partial charge in [-0.05, 0) is 52.3 Å². The van der Waals surface area contributed by atoms with E-state index >= 15 is 0 Å². The Bertz CT molecular complexity index is 1160. The molecule has 4 rings (SSSR count). The van der Waals surface area contributed by atoms with Crippen molar-refractivity contribution in [3.8, 4) is 11.4 Å². The SMILES string of the molecule is O=C(CSc1nnc(-c2ccccc2Cl)n1Cc1ccco1)Nc1ccccc1Br. The zero-order valence-electron chi connectivity index (χ0n) is 15.6. The number of hydrogen-bond donors (Lipinski definition) is 1. The van der Waals surface area contributed by atoms with Gasteiger partial charge in [0.2, 0.25) is 5.91 Å². The summed E-state index contributed by atoms with van der Waals surface area (Å²) in [7, 11) is 0. The number of rotatable bonds is 7. The van der Waals surface area contributed by atoms with Crippen LogP contribution in [0.5, 0.6) is 0 Å². The van der Waals surface area contributed by atoms with E-state index in [2.05, 4.69) is 31.4 Å². The van der Waals surface area contributed by atoms with Gasteiger partial charge >= 0.3 is 0 Å². The van der Waals surface area contributed by atoms with Crippen molar-refractivity contribution in [2.45, 2.75) is 11.7 Å². The summed E-state index contributed by atoms with van der Waals surface area (Å²) in [6.07, 6.45) is 1.62. The number of nitrogens with one attached hydrogen (secondary N) is 1. The summed E-state index contributed by atoms with van der Waals surface area (Å²) in [6, 6.07) is 18.6. The van der Waals surface area contributed by atoms with Gasteiger partial charge in [-0.15, -0.1) is 10.2 Å². The van der Waals surface area contributed by atoms with Crippen LogP contribution in [0, 0.1) is 0 Å². The van der Waals surface area contributed by atoms with Crippen LogP contribution in [0.3, 0.4) is 0 Å². The first kappa shape index (κ1) is 20.7. The minimum absolute atomic E-state index is 0.140. The molecule has 1 N–H and O–H groups in total. The van der Waals surface area contributed by atoms with Crippen LogP contribution in [0.1, 0.15) is 5.76 Å². The Morgan fingerprint density at radius 1 is 1.10 bits per heavy atom. The average molecular weight is 504 g/mol. The van der Waals surface area contributed by atoms with E-state index in [1.54, 1.807) is 12.3 Å². The lowest BCUT2D eigenvalue weighted by molar-refractivity contribution is -0.113. The number of benzene rings is 2. The predicted octanol–water partition coefficient (Wildman–Crippen LogP) is 5.73. The Labute approximate surface area is 190 Å². The fraction of sp³-hybridized carbons (Fsp3) is 0.0952. The van der Waals surface area contributed by atoms with Crippen LogP contribution in [0.2, 0.25) is 5.02 Å². The monoisotopic (exact) mass is 502 g/mol. The average Bonchev–Trinajstić information content (AvgIpc) is 3.39. The molecule has 152 valence electrons. The molecule has 2 aromatic heterocycles. The van der Waals surface area contributed by atoms with E-state index in [-0.39, 0.29) is 11.7 Å². The van der Waals surface area contributed by atoms with Crippen LogP contribution in [0.25, 0.3) is 11.4 Å². The fourth-order valence-corrected chi connectivity index (χ4v) is 4.16. The third kappa shape index (κ3) is 4.77. The van der Waals surface area contributed by atoms with Gasteiger partial charge in [0.1, 0.15) is 5.76 Å². The summed E-state index contributed by atoms with van der Waals surface area (Å²) < 4.78 is 8.22. The largest absolute Gasteiger partial charge is 0.467 e. The van der Waals surface area contributed by atoms with Gasteiger partial charge in [-0.2, -0.15) is 0 Å². The van der Waals surface area contributed by atoms with Crippen molar-refractivity contribution in [2.75, 3.05) is 11.1 Å². The molecular weight excluding hydrogens is 488 g/mol. The molecule has 0 unspecified atom stereocenters. The van der Waals surface area contributed by atoms with Crippen LogP contribution in [-0.2, 0) is 11.3 Å². The second kappa shape index (κ2) is 9.51. The van der Waals surface area contributed by atoms with Gasteiger partial charge in [0.05, 0.1) is 29.3 Å². The maximum Gasteiger partial charge on any atom is 0.234 e. The molecule has 0 fully saturated rings. The molecule has 0 saturated heterocycles. The number of nitrogens with zero attached hydrogens (tertiary/aromatic N) is 3. The topological polar surface area (TPSA) is 73.0 Å². The van der Waals surface area contributed by atoms with E-state index in [0.29, 0.717) is 22.5 Å². The molecule has 9 heteroatoms. The van der Waals surface area contributed by atoms with Gasteiger partial charge in [-0.25, -0.2) is 0 Å². The molecule has 2 aromatic carbocycles. The second-order valence-electron chi connectivity index (χ2n) is 6.27. The predicted molar refractivity (Wildman–Crippen MR) is 122 cm³/mol. The molecule has 0 saturated carbocycles. The standard InChI is InChI=1S/C21H16BrClN4O2S/c22-16-8-2-4-10-18(16)24-19(28)13-30-21-26-25-20(15-7-1-3-9-17(15)23)27(21)12-14-6-5-11-29-14/h1-11H,12-13H2,(H,24,28). The minimum Gasteiger partial charge on any atom is -0.467 e. The first-order valence-corrected chi connectivity index (χ1v) is 11.1. The minimum atomic E-state index is -0.140. The molecule has 6 nitrogen and oxygen atoms in total. The Morgan fingerprint density at radius 3 is 2.67 bits per heavy atom. The fourth-order valence-electron chi connectivity index (χ4n) is 2.82. The Morgan fingerprint density at radius 2 is 1.90 bits per heavy atom. The van der Waals surface area contributed by atoms with Crippen molar-refractivity contribution in [1.29, 1.82) is 0 Å². The van der Waals surface area contributed by atoms with E-state index in [4.69, 9.17) is 16.0 Å². The maximum atomic E-state index is 12.4. The highest BCUT2D eigenvalue weighted by Crippen LogP contribution is 2.30. The molecule has 2 heterocycles. The van der Waals surface area contributed by atoms with Crippen molar-refractivity contribution in [1.82, 2.24) is 14.8 Å². The van der Waals surface area contributed by atoms with Gasteiger partial charge < -0.3 is 9.73 Å². The molecule has 1 amide bonds. The van der Waals surface area contributed by atoms with Crippen LogP contribution < -0.4 is 5.32 Å². The smallest absolute Gasteiger partial charge is 0.234 e. The zero-order valence-corrected chi connectivity index (χ0v) is 18.7. The number of amides is 1. The van der Waals surface area contributed by atoms with Gasteiger partial charge in [0, 0.05) is 10.0 Å². The summed E-state index contributed by atoms with van der Waals surface area (Å²) in [4.78, 5) is 12.4. The third-order valence-corrected chi connectivity index (χ3v) is 6.19. The quantitative estimate of drug-likeness (QED) is 0.326. The zero-order chi connectivity index (χ0) is 20.9. The Kier molecular flexibility index (Phi) is 6.56. The summed E-state index contributed by atoms with van der Waals surface area (Å²) in [5.74, 6) is 1.41. The van der Waals surface area contributed by atoms with Crippen LogP contribution in [-0.4, -0.2) is 26.4 Å². The van der Waals surface area contributed by atoms with E-state index in [1.807, 2.05) is 59.2 Å². The van der Waals surface area contributed by atoms with Gasteiger partial charge in [-0.1, -0.05) is 47.6 Å². The molecule has 0 aliphatic rings. The van der Waals surface area contributed by atoms with Crippen LogP contribution >= 0.6 is 39.3 Å². The number of halogens is 2. The molecule has 0 radical (unpaired) electrons. The molecule has 0 aliphatic heterocycles. The number of hydrogen-bond acceptors (Lipinski definition) is 5. The molecule has 0 spiro atoms. The molecular formula is C21H16BrClN4O2S. The van der Waals surface area contributed by atoms with E-state index < -0.39 is 0 Å². The van der Waals surface area contributed by atoms with E-state index in [9.17, 15) is 4.79 Å². The highest BCUT2D eigenvalue weighted by atomic mass is 79.9. The molecule has 0 bridgehead atoms. The summed E-state index contributed by atoms with van der Waals surface area (Å²) in [6.45, 7) is 0.425. The molecule has 0 aliphatic carbocycles. The summed E-state index contributed by atoms with van der Waals surface area (Å²) >= 11 is 11.1. The first-order chi connectivity index (χ1) is 14.6. The highest BCUT2D eigenvalue weighted by Gasteiger charge is 2.18. The van der Waals surface area contributed by atoms with Gasteiger partial charge in [0.15, 0.2) is 11.0 Å². The number of carbonyl (C=O) groups is 1. The Hall–Kier alpha value is -2.55. The number of aromatic nitrogens is 3. The number of carbonyl (C=O) groups excluding carboxylic acids is 1. The lowest BCUT2D eigenvalue weighted by Crippen LogP contribution is -2.15. The van der Waals surface area contributed by atoms with E-state index in [0.717, 1.165) is 21.5 Å². The highest BCUT2D eigenvalue weighted by molar-refractivity contribution is 9.10. The van der Waals surface area contributed by atoms with Gasteiger partial charge in [-0.3, -0.25) is 9.36 Å². The molecule has 0 atom stereocenters. The number of anilines is 1. The number of furan rings is 1. The van der Waals surface area contributed by atoms with Crippen molar-refractivity contribution in [3.63, 3.8) is 0 Å². The second-order valence-corrected chi connectivity index (χ2v) is 8.47.